The molecule has 1 aliphatic rings. The number of halogens is 1. The monoisotopic (exact) mass is 405 g/mol. The predicted molar refractivity (Wildman–Crippen MR) is 110 cm³/mol. The van der Waals surface area contributed by atoms with Crippen LogP contribution in [-0.4, -0.2) is 48.3 Å². The van der Waals surface area contributed by atoms with Gasteiger partial charge < -0.3 is 15.5 Å². The Labute approximate surface area is 172 Å². The number of carbonyl (C=O) groups excluding carboxylic acids is 3. The molecular weight excluding hydrogens is 373 g/mol. The number of likely N-dealkylation sites (tertiary alicyclic amines) is 1. The number of hydrogen-bond acceptors (Lipinski definition) is 3. The van der Waals surface area contributed by atoms with Gasteiger partial charge in [0.25, 0.3) is 5.91 Å². The molecule has 1 fully saturated rings. The van der Waals surface area contributed by atoms with Crippen LogP contribution in [0.25, 0.3) is 0 Å². The molecule has 29 heavy (non-hydrogen) atoms. The lowest BCUT2D eigenvalue weighted by atomic mass is 9.88. The summed E-state index contributed by atoms with van der Waals surface area (Å²) < 4.78 is 13.1. The summed E-state index contributed by atoms with van der Waals surface area (Å²) in [5, 5.41) is 5.80. The van der Waals surface area contributed by atoms with E-state index in [2.05, 4.69) is 10.6 Å². The summed E-state index contributed by atoms with van der Waals surface area (Å²) in [6, 6.07) is 4.93. The van der Waals surface area contributed by atoms with Crippen LogP contribution in [0.5, 0.6) is 0 Å². The summed E-state index contributed by atoms with van der Waals surface area (Å²) in [7, 11) is 0. The van der Waals surface area contributed by atoms with Crippen molar-refractivity contribution in [3.05, 3.63) is 35.6 Å². The molecule has 160 valence electrons. The first kappa shape index (κ1) is 22.8. The average molecular weight is 406 g/mol. The molecule has 0 saturated carbocycles. The topological polar surface area (TPSA) is 78.5 Å². The number of amides is 3. The smallest absolute Gasteiger partial charge is 0.253 e. The van der Waals surface area contributed by atoms with Gasteiger partial charge in [0.15, 0.2) is 0 Å². The number of hydrogen-bond donors (Lipinski definition) is 2. The normalized spacial score (nSPS) is 15.8. The molecule has 7 heteroatoms. The summed E-state index contributed by atoms with van der Waals surface area (Å²) in [4.78, 5) is 39.3. The highest BCUT2D eigenvalue weighted by atomic mass is 19.1. The fourth-order valence-electron chi connectivity index (χ4n) is 3.57. The van der Waals surface area contributed by atoms with Crippen molar-refractivity contribution in [1.82, 2.24) is 15.5 Å². The number of piperidine rings is 1. The van der Waals surface area contributed by atoms with Crippen molar-refractivity contribution in [2.24, 2.45) is 11.8 Å². The van der Waals surface area contributed by atoms with E-state index in [1.807, 2.05) is 20.8 Å². The molecule has 0 radical (unpaired) electrons. The zero-order chi connectivity index (χ0) is 21.4. The minimum Gasteiger partial charge on any atom is -0.354 e. The molecule has 0 aromatic heterocycles. The highest BCUT2D eigenvalue weighted by Gasteiger charge is 2.33. The largest absolute Gasteiger partial charge is 0.354 e. The zero-order valence-corrected chi connectivity index (χ0v) is 17.5. The van der Waals surface area contributed by atoms with Crippen LogP contribution in [0, 0.1) is 17.7 Å². The van der Waals surface area contributed by atoms with E-state index in [-0.39, 0.29) is 35.4 Å². The Morgan fingerprint density at radius 2 is 1.76 bits per heavy atom. The van der Waals surface area contributed by atoms with Gasteiger partial charge in [-0.15, -0.1) is 0 Å². The molecule has 1 aromatic rings. The first-order valence-electron chi connectivity index (χ1n) is 10.4. The van der Waals surface area contributed by atoms with Crippen LogP contribution in [0.15, 0.2) is 24.3 Å². The molecule has 1 heterocycles. The lowest BCUT2D eigenvalue weighted by Crippen LogP contribution is -2.54. The second-order valence-corrected chi connectivity index (χ2v) is 8.07. The number of rotatable bonds is 8. The summed E-state index contributed by atoms with van der Waals surface area (Å²) in [6.45, 7) is 7.47. The highest BCUT2D eigenvalue weighted by Crippen LogP contribution is 2.23. The van der Waals surface area contributed by atoms with Gasteiger partial charge in [-0.25, -0.2) is 4.39 Å². The molecule has 2 N–H and O–H groups in total. The number of benzene rings is 1. The first-order chi connectivity index (χ1) is 13.8. The van der Waals surface area contributed by atoms with E-state index in [1.165, 1.54) is 24.3 Å². The van der Waals surface area contributed by atoms with Crippen molar-refractivity contribution in [2.45, 2.75) is 52.5 Å². The second kappa shape index (κ2) is 10.9. The third kappa shape index (κ3) is 6.84. The van der Waals surface area contributed by atoms with Gasteiger partial charge in [-0.2, -0.15) is 0 Å². The van der Waals surface area contributed by atoms with Gasteiger partial charge in [0.05, 0.1) is 0 Å². The Balaban J connectivity index is 2.00. The molecule has 3 amide bonds. The Hall–Kier alpha value is -2.44. The third-order valence-electron chi connectivity index (χ3n) is 5.13. The molecule has 6 nitrogen and oxygen atoms in total. The van der Waals surface area contributed by atoms with Crippen molar-refractivity contribution < 1.29 is 18.8 Å². The summed E-state index contributed by atoms with van der Waals surface area (Å²) in [5.41, 5.74) is 0.451. The maximum atomic E-state index is 13.1. The fraction of sp³-hybridized carbons (Fsp3) is 0.591. The van der Waals surface area contributed by atoms with E-state index in [0.717, 1.165) is 6.42 Å². The van der Waals surface area contributed by atoms with Crippen LogP contribution in [0.1, 0.15) is 56.8 Å². The van der Waals surface area contributed by atoms with Crippen LogP contribution in [0.2, 0.25) is 0 Å². The number of carbonyl (C=O) groups is 3. The van der Waals surface area contributed by atoms with Gasteiger partial charge in [0, 0.05) is 31.6 Å². The maximum absolute atomic E-state index is 13.1. The van der Waals surface area contributed by atoms with E-state index in [0.29, 0.717) is 44.5 Å². The molecular formula is C22H32FN3O3. The van der Waals surface area contributed by atoms with E-state index in [9.17, 15) is 18.8 Å². The summed E-state index contributed by atoms with van der Waals surface area (Å²) in [5.74, 6) is -0.615. The van der Waals surface area contributed by atoms with Gasteiger partial charge in [0.1, 0.15) is 11.9 Å². The van der Waals surface area contributed by atoms with Gasteiger partial charge in [-0.1, -0.05) is 20.8 Å². The highest BCUT2D eigenvalue weighted by molar-refractivity contribution is 5.94. The SMILES string of the molecule is CCCNC(=O)[C@@H](NC(=O)CC(C)C)C1CCN(C(=O)c2ccc(F)cc2)CC1. The molecule has 2 rings (SSSR count). The van der Waals surface area contributed by atoms with Gasteiger partial charge in [-0.05, 0) is 55.4 Å². The zero-order valence-electron chi connectivity index (χ0n) is 17.5. The van der Waals surface area contributed by atoms with Crippen molar-refractivity contribution >= 4 is 17.7 Å². The fourth-order valence-corrected chi connectivity index (χ4v) is 3.57. The first-order valence-corrected chi connectivity index (χ1v) is 10.4. The minimum absolute atomic E-state index is 0.0276. The number of nitrogens with one attached hydrogen (secondary N) is 2. The van der Waals surface area contributed by atoms with Crippen LogP contribution in [0.3, 0.4) is 0 Å². The molecule has 1 saturated heterocycles. The molecule has 0 bridgehead atoms. The molecule has 1 atom stereocenters. The van der Waals surface area contributed by atoms with Crippen molar-refractivity contribution in [2.75, 3.05) is 19.6 Å². The number of nitrogens with zero attached hydrogens (tertiary/aromatic N) is 1. The van der Waals surface area contributed by atoms with E-state index < -0.39 is 6.04 Å². The molecule has 0 aliphatic carbocycles. The lowest BCUT2D eigenvalue weighted by Gasteiger charge is -2.36. The van der Waals surface area contributed by atoms with Crippen LogP contribution < -0.4 is 10.6 Å². The maximum Gasteiger partial charge on any atom is 0.253 e. The third-order valence-corrected chi connectivity index (χ3v) is 5.13. The molecule has 0 spiro atoms. The van der Waals surface area contributed by atoms with E-state index in [4.69, 9.17) is 0 Å². The van der Waals surface area contributed by atoms with Crippen molar-refractivity contribution in [3.8, 4) is 0 Å². The van der Waals surface area contributed by atoms with Crippen LogP contribution in [0.4, 0.5) is 4.39 Å². The van der Waals surface area contributed by atoms with Crippen molar-refractivity contribution in [3.63, 3.8) is 0 Å². The Morgan fingerprint density at radius 3 is 2.31 bits per heavy atom. The van der Waals surface area contributed by atoms with Gasteiger partial charge in [-0.3, -0.25) is 14.4 Å². The Morgan fingerprint density at radius 1 is 1.14 bits per heavy atom. The predicted octanol–water partition coefficient (Wildman–Crippen LogP) is 2.74. The molecule has 1 aliphatic heterocycles. The van der Waals surface area contributed by atoms with Crippen LogP contribution in [-0.2, 0) is 9.59 Å². The average Bonchev–Trinajstić information content (AvgIpc) is 2.70. The van der Waals surface area contributed by atoms with Crippen LogP contribution >= 0.6 is 0 Å². The van der Waals surface area contributed by atoms with Gasteiger partial charge in [0.2, 0.25) is 11.8 Å². The van der Waals surface area contributed by atoms with E-state index in [1.54, 1.807) is 4.90 Å². The minimum atomic E-state index is -0.587. The Kier molecular flexibility index (Phi) is 8.61. The van der Waals surface area contributed by atoms with Gasteiger partial charge >= 0.3 is 0 Å². The van der Waals surface area contributed by atoms with Crippen molar-refractivity contribution in [1.29, 1.82) is 0 Å². The quantitative estimate of drug-likeness (QED) is 0.698. The van der Waals surface area contributed by atoms with E-state index >= 15 is 0 Å². The molecule has 1 aromatic carbocycles. The standard InChI is InChI=1S/C22H32FN3O3/c1-4-11-24-21(28)20(25-19(27)14-15(2)3)16-9-12-26(13-10-16)22(29)17-5-7-18(23)8-6-17/h5-8,15-16,20H,4,9-14H2,1-3H3,(H,24,28)(H,25,27)/t20-/m0/s1. The second-order valence-electron chi connectivity index (χ2n) is 8.07. The summed E-state index contributed by atoms with van der Waals surface area (Å²) in [6.07, 6.45) is 2.45. The Bertz CT molecular complexity index is 698. The lowest BCUT2D eigenvalue weighted by molar-refractivity contribution is -0.131. The summed E-state index contributed by atoms with van der Waals surface area (Å²) >= 11 is 0. The molecule has 0 unspecified atom stereocenters.